The summed E-state index contributed by atoms with van der Waals surface area (Å²) >= 11 is 0. The second kappa shape index (κ2) is 6.93. The maximum Gasteiger partial charge on any atom is 0.341 e. The SMILES string of the molecule is CCn1cc(C(=O)O)c(=O)c2cc(F)c(N3CCNCC3)nc21.O. The van der Waals surface area contributed by atoms with E-state index in [-0.39, 0.29) is 22.2 Å². The number of aryl methyl sites for hydroxylation is 1. The molecule has 0 bridgehead atoms. The third-order valence-corrected chi connectivity index (χ3v) is 3.97. The molecule has 8 nitrogen and oxygen atoms in total. The molecular formula is C15H19FN4O4. The molecule has 0 atom stereocenters. The molecule has 0 amide bonds. The molecule has 0 aliphatic carbocycles. The van der Waals surface area contributed by atoms with E-state index in [1.54, 1.807) is 4.57 Å². The van der Waals surface area contributed by atoms with Gasteiger partial charge < -0.3 is 25.4 Å². The van der Waals surface area contributed by atoms with Crippen LogP contribution in [0.3, 0.4) is 0 Å². The van der Waals surface area contributed by atoms with E-state index < -0.39 is 17.2 Å². The minimum absolute atomic E-state index is 0. The largest absolute Gasteiger partial charge is 0.477 e. The topological polar surface area (TPSA) is 119 Å². The van der Waals surface area contributed by atoms with E-state index in [1.807, 2.05) is 11.8 Å². The highest BCUT2D eigenvalue weighted by molar-refractivity contribution is 5.92. The highest BCUT2D eigenvalue weighted by atomic mass is 19.1. The van der Waals surface area contributed by atoms with Crippen LogP contribution in [0.4, 0.5) is 10.2 Å². The van der Waals surface area contributed by atoms with Crippen molar-refractivity contribution in [2.45, 2.75) is 13.5 Å². The first kappa shape index (κ1) is 17.8. The van der Waals surface area contributed by atoms with Crippen LogP contribution in [0, 0.1) is 5.82 Å². The molecule has 9 heteroatoms. The van der Waals surface area contributed by atoms with Gasteiger partial charge in [-0.1, -0.05) is 0 Å². The first-order chi connectivity index (χ1) is 11.0. The van der Waals surface area contributed by atoms with Crippen molar-refractivity contribution in [2.24, 2.45) is 0 Å². The molecule has 0 radical (unpaired) electrons. The van der Waals surface area contributed by atoms with E-state index in [2.05, 4.69) is 10.3 Å². The number of nitrogens with one attached hydrogen (secondary N) is 1. The van der Waals surface area contributed by atoms with Crippen molar-refractivity contribution in [3.8, 4) is 0 Å². The highest BCUT2D eigenvalue weighted by Crippen LogP contribution is 2.21. The van der Waals surface area contributed by atoms with Crippen molar-refractivity contribution in [1.82, 2.24) is 14.9 Å². The van der Waals surface area contributed by atoms with Crippen molar-refractivity contribution in [3.05, 3.63) is 33.9 Å². The van der Waals surface area contributed by atoms with E-state index in [9.17, 15) is 14.0 Å². The molecule has 24 heavy (non-hydrogen) atoms. The third-order valence-electron chi connectivity index (χ3n) is 3.97. The lowest BCUT2D eigenvalue weighted by Crippen LogP contribution is -2.44. The summed E-state index contributed by atoms with van der Waals surface area (Å²) < 4.78 is 16.0. The lowest BCUT2D eigenvalue weighted by atomic mass is 10.2. The standard InChI is InChI=1S/C15H17FN4O3.H2O/c1-2-19-8-10(15(22)23)12(21)9-7-11(16)14(18-13(9)19)20-5-3-17-4-6-20;/h7-8,17H,2-6H2,1H3,(H,22,23);1H2. The molecule has 2 aromatic rings. The van der Waals surface area contributed by atoms with Gasteiger partial charge in [0.05, 0.1) is 5.39 Å². The summed E-state index contributed by atoms with van der Waals surface area (Å²) in [5.74, 6) is -1.74. The Kier molecular flexibility index (Phi) is 5.15. The highest BCUT2D eigenvalue weighted by Gasteiger charge is 2.21. The molecule has 1 fully saturated rings. The smallest absolute Gasteiger partial charge is 0.341 e. The monoisotopic (exact) mass is 338 g/mol. The van der Waals surface area contributed by atoms with Crippen LogP contribution < -0.4 is 15.6 Å². The van der Waals surface area contributed by atoms with Gasteiger partial charge in [-0.3, -0.25) is 4.79 Å². The Morgan fingerprint density at radius 1 is 1.42 bits per heavy atom. The Hall–Kier alpha value is -2.52. The Labute approximate surface area is 136 Å². The number of piperazine rings is 1. The van der Waals surface area contributed by atoms with E-state index in [0.29, 0.717) is 25.3 Å². The summed E-state index contributed by atoms with van der Waals surface area (Å²) in [4.78, 5) is 29.6. The van der Waals surface area contributed by atoms with Gasteiger partial charge in [-0.15, -0.1) is 0 Å². The molecular weight excluding hydrogens is 319 g/mol. The second-order valence-corrected chi connectivity index (χ2v) is 5.37. The number of hydrogen-bond acceptors (Lipinski definition) is 5. The molecule has 0 aromatic carbocycles. The van der Waals surface area contributed by atoms with Gasteiger partial charge in [0.2, 0.25) is 5.43 Å². The number of carboxylic acids is 1. The fraction of sp³-hybridized carbons (Fsp3) is 0.400. The summed E-state index contributed by atoms with van der Waals surface area (Å²) in [6.07, 6.45) is 1.26. The molecule has 4 N–H and O–H groups in total. The van der Waals surface area contributed by atoms with Gasteiger partial charge in [0.25, 0.3) is 0 Å². The maximum absolute atomic E-state index is 14.4. The first-order valence-electron chi connectivity index (χ1n) is 7.45. The molecule has 130 valence electrons. The zero-order valence-electron chi connectivity index (χ0n) is 13.2. The molecule has 3 heterocycles. The lowest BCUT2D eigenvalue weighted by Gasteiger charge is -2.29. The summed E-state index contributed by atoms with van der Waals surface area (Å²) in [5, 5.41) is 12.3. The molecule has 3 rings (SSSR count). The summed E-state index contributed by atoms with van der Waals surface area (Å²) in [6.45, 7) is 4.95. The van der Waals surface area contributed by atoms with Gasteiger partial charge in [0.15, 0.2) is 11.6 Å². The van der Waals surface area contributed by atoms with Gasteiger partial charge in [0.1, 0.15) is 11.2 Å². The molecule has 1 saturated heterocycles. The van der Waals surface area contributed by atoms with Crippen LogP contribution in [0.5, 0.6) is 0 Å². The minimum atomic E-state index is -1.33. The number of fused-ring (bicyclic) bond motifs is 1. The number of halogens is 1. The van der Waals surface area contributed by atoms with E-state index in [1.165, 1.54) is 6.20 Å². The van der Waals surface area contributed by atoms with E-state index in [4.69, 9.17) is 5.11 Å². The van der Waals surface area contributed by atoms with E-state index in [0.717, 1.165) is 19.2 Å². The molecule has 0 spiro atoms. The van der Waals surface area contributed by atoms with Crippen LogP contribution in [0.2, 0.25) is 0 Å². The van der Waals surface area contributed by atoms with Crippen LogP contribution in [0.1, 0.15) is 17.3 Å². The van der Waals surface area contributed by atoms with E-state index >= 15 is 0 Å². The van der Waals surface area contributed by atoms with Gasteiger partial charge in [-0.2, -0.15) is 0 Å². The van der Waals surface area contributed by atoms with Crippen LogP contribution in [0.15, 0.2) is 17.1 Å². The van der Waals surface area contributed by atoms with Crippen molar-refractivity contribution in [1.29, 1.82) is 0 Å². The molecule has 0 unspecified atom stereocenters. The van der Waals surface area contributed by atoms with Crippen molar-refractivity contribution >= 4 is 22.8 Å². The third kappa shape index (κ3) is 2.95. The Balaban J connectivity index is 0.00000208. The maximum atomic E-state index is 14.4. The number of aromatic nitrogens is 2. The molecule has 1 aliphatic heterocycles. The Morgan fingerprint density at radius 3 is 2.67 bits per heavy atom. The summed E-state index contributed by atoms with van der Waals surface area (Å²) in [5.41, 5.74) is -0.789. The van der Waals surface area contributed by atoms with Gasteiger partial charge in [-0.05, 0) is 13.0 Å². The molecule has 2 aromatic heterocycles. The van der Waals surface area contributed by atoms with Crippen LogP contribution in [0.25, 0.3) is 11.0 Å². The number of anilines is 1. The Bertz CT molecular complexity index is 830. The lowest BCUT2D eigenvalue weighted by molar-refractivity contribution is 0.0695. The summed E-state index contributed by atoms with van der Waals surface area (Å²) in [7, 11) is 0. The quantitative estimate of drug-likeness (QED) is 0.802. The number of hydrogen-bond donors (Lipinski definition) is 2. The zero-order valence-corrected chi connectivity index (χ0v) is 13.2. The number of nitrogens with zero attached hydrogens (tertiary/aromatic N) is 3. The fourth-order valence-corrected chi connectivity index (χ4v) is 2.77. The minimum Gasteiger partial charge on any atom is -0.477 e. The average Bonchev–Trinajstić information content (AvgIpc) is 2.55. The second-order valence-electron chi connectivity index (χ2n) is 5.37. The van der Waals surface area contributed by atoms with Crippen molar-refractivity contribution in [3.63, 3.8) is 0 Å². The van der Waals surface area contributed by atoms with Crippen LogP contribution in [-0.2, 0) is 6.54 Å². The number of carbonyl (C=O) groups is 1. The van der Waals surface area contributed by atoms with Gasteiger partial charge >= 0.3 is 5.97 Å². The number of pyridine rings is 2. The van der Waals surface area contributed by atoms with Crippen LogP contribution >= 0.6 is 0 Å². The number of carboxylic acid groups (broad SMARTS) is 1. The van der Waals surface area contributed by atoms with Crippen molar-refractivity contribution < 1.29 is 19.8 Å². The molecule has 0 saturated carbocycles. The fourth-order valence-electron chi connectivity index (χ4n) is 2.77. The summed E-state index contributed by atoms with van der Waals surface area (Å²) in [6, 6.07) is 1.10. The average molecular weight is 338 g/mol. The number of aromatic carboxylic acids is 1. The number of rotatable bonds is 3. The molecule has 1 aliphatic rings. The first-order valence-corrected chi connectivity index (χ1v) is 7.45. The Morgan fingerprint density at radius 2 is 2.08 bits per heavy atom. The van der Waals surface area contributed by atoms with Crippen LogP contribution in [-0.4, -0.2) is 52.3 Å². The normalized spacial score (nSPS) is 14.5. The predicted molar refractivity (Wildman–Crippen MR) is 87.3 cm³/mol. The van der Waals surface area contributed by atoms with Gasteiger partial charge in [-0.25, -0.2) is 14.2 Å². The van der Waals surface area contributed by atoms with Gasteiger partial charge in [0, 0.05) is 38.9 Å². The zero-order chi connectivity index (χ0) is 16.6. The van der Waals surface area contributed by atoms with Crippen molar-refractivity contribution in [2.75, 3.05) is 31.1 Å². The predicted octanol–water partition coefficient (Wildman–Crippen LogP) is -0.161.